The molecule has 1 saturated heterocycles. The molecule has 1 atom stereocenters. The molecule has 1 unspecified atom stereocenters. The van der Waals surface area contributed by atoms with Crippen molar-refractivity contribution in [1.29, 1.82) is 0 Å². The number of rotatable bonds is 7. The van der Waals surface area contributed by atoms with Crippen LogP contribution in [-0.4, -0.2) is 62.7 Å². The Hall–Kier alpha value is -2.98. The third-order valence-electron chi connectivity index (χ3n) is 4.91. The van der Waals surface area contributed by atoms with Crippen LogP contribution in [0.2, 0.25) is 0 Å². The van der Waals surface area contributed by atoms with Gasteiger partial charge in [0.1, 0.15) is 17.6 Å². The number of amides is 2. The molecule has 0 radical (unpaired) electrons. The van der Waals surface area contributed by atoms with Gasteiger partial charge in [-0.2, -0.15) is 4.31 Å². The molecule has 166 valence electrons. The number of sulfonamides is 1. The van der Waals surface area contributed by atoms with E-state index in [0.717, 1.165) is 16.4 Å². The number of halogens is 1. The lowest BCUT2D eigenvalue weighted by Crippen LogP contribution is -2.43. The monoisotopic (exact) mass is 449 g/mol. The molecule has 31 heavy (non-hydrogen) atoms. The van der Waals surface area contributed by atoms with Gasteiger partial charge < -0.3 is 15.0 Å². The van der Waals surface area contributed by atoms with Gasteiger partial charge in [0.2, 0.25) is 15.9 Å². The molecule has 0 spiro atoms. The lowest BCUT2D eigenvalue weighted by molar-refractivity contribution is -0.130. The fourth-order valence-electron chi connectivity index (χ4n) is 3.17. The Morgan fingerprint density at radius 3 is 2.39 bits per heavy atom. The number of benzene rings is 2. The highest BCUT2D eigenvalue weighted by molar-refractivity contribution is 7.89. The zero-order valence-electron chi connectivity index (χ0n) is 17.2. The minimum Gasteiger partial charge on any atom is -0.484 e. The van der Waals surface area contributed by atoms with Gasteiger partial charge in [0.25, 0.3) is 5.91 Å². The average molecular weight is 450 g/mol. The smallest absolute Gasteiger partial charge is 0.259 e. The molecule has 1 fully saturated rings. The van der Waals surface area contributed by atoms with Gasteiger partial charge in [0, 0.05) is 26.3 Å². The van der Waals surface area contributed by atoms with Crippen LogP contribution in [0.4, 0.5) is 10.1 Å². The summed E-state index contributed by atoms with van der Waals surface area (Å²) >= 11 is 0. The number of hydrogen-bond acceptors (Lipinski definition) is 5. The molecule has 1 heterocycles. The zero-order valence-corrected chi connectivity index (χ0v) is 18.1. The summed E-state index contributed by atoms with van der Waals surface area (Å²) in [6, 6.07) is 10.1. The predicted molar refractivity (Wildman–Crippen MR) is 113 cm³/mol. The quantitative estimate of drug-likeness (QED) is 0.698. The van der Waals surface area contributed by atoms with Crippen LogP contribution in [0.3, 0.4) is 0 Å². The minimum absolute atomic E-state index is 0.0534. The van der Waals surface area contributed by atoms with E-state index in [1.54, 1.807) is 38.4 Å². The summed E-state index contributed by atoms with van der Waals surface area (Å²) in [5.41, 5.74) is 0.474. The molecule has 1 N–H and O–H groups in total. The van der Waals surface area contributed by atoms with Crippen LogP contribution in [0.25, 0.3) is 0 Å². The molecular formula is C21H24FN3O5S. The normalized spacial score (nSPS) is 16.7. The number of carbonyl (C=O) groups is 2. The SMILES string of the molecule is CN(C)C(=O)COc1ccc(NC(=O)C2CCCN2S(=O)(=O)c2ccc(F)cc2)cc1. The molecule has 2 aromatic carbocycles. The number of likely N-dealkylation sites (N-methyl/N-ethyl adjacent to an activating group) is 1. The first-order valence-electron chi connectivity index (χ1n) is 9.70. The maximum atomic E-state index is 13.2. The van der Waals surface area contributed by atoms with Crippen LogP contribution in [-0.2, 0) is 19.6 Å². The van der Waals surface area contributed by atoms with Crippen molar-refractivity contribution in [2.45, 2.75) is 23.8 Å². The second-order valence-corrected chi connectivity index (χ2v) is 9.21. The van der Waals surface area contributed by atoms with E-state index >= 15 is 0 Å². The third kappa shape index (κ3) is 5.39. The van der Waals surface area contributed by atoms with E-state index in [-0.39, 0.29) is 24.0 Å². The first-order valence-corrected chi connectivity index (χ1v) is 11.1. The summed E-state index contributed by atoms with van der Waals surface area (Å²) in [6.45, 7) is 0.113. The maximum Gasteiger partial charge on any atom is 0.259 e. The van der Waals surface area contributed by atoms with Gasteiger partial charge in [-0.25, -0.2) is 12.8 Å². The topological polar surface area (TPSA) is 96.0 Å². The number of carbonyl (C=O) groups excluding carboxylic acids is 2. The second kappa shape index (κ2) is 9.44. The highest BCUT2D eigenvalue weighted by atomic mass is 32.2. The number of nitrogens with one attached hydrogen (secondary N) is 1. The lowest BCUT2D eigenvalue weighted by atomic mass is 10.2. The van der Waals surface area contributed by atoms with Crippen molar-refractivity contribution >= 4 is 27.5 Å². The molecule has 0 bridgehead atoms. The summed E-state index contributed by atoms with van der Waals surface area (Å²) in [6.07, 6.45) is 0.936. The Morgan fingerprint density at radius 2 is 1.77 bits per heavy atom. The van der Waals surface area contributed by atoms with Crippen molar-refractivity contribution in [2.75, 3.05) is 32.6 Å². The molecule has 2 amide bonds. The van der Waals surface area contributed by atoms with Crippen molar-refractivity contribution in [3.05, 3.63) is 54.3 Å². The van der Waals surface area contributed by atoms with E-state index in [1.165, 1.54) is 17.0 Å². The highest BCUT2D eigenvalue weighted by Gasteiger charge is 2.39. The number of hydrogen-bond donors (Lipinski definition) is 1. The van der Waals surface area contributed by atoms with Crippen molar-refractivity contribution in [3.8, 4) is 5.75 Å². The standard InChI is InChI=1S/C21H24FN3O5S/c1-24(2)20(26)14-30-17-9-7-16(8-10-17)23-21(27)19-4-3-13-25(19)31(28,29)18-11-5-15(22)6-12-18/h5-12,19H,3-4,13-14H2,1-2H3,(H,23,27). The zero-order chi connectivity index (χ0) is 22.6. The van der Waals surface area contributed by atoms with E-state index < -0.39 is 27.8 Å². The van der Waals surface area contributed by atoms with Gasteiger partial charge in [-0.1, -0.05) is 0 Å². The maximum absolute atomic E-state index is 13.2. The Bertz CT molecular complexity index is 1040. The van der Waals surface area contributed by atoms with Gasteiger partial charge in [0.05, 0.1) is 4.90 Å². The highest BCUT2D eigenvalue weighted by Crippen LogP contribution is 2.27. The second-order valence-electron chi connectivity index (χ2n) is 7.32. The van der Waals surface area contributed by atoms with E-state index in [9.17, 15) is 22.4 Å². The summed E-state index contributed by atoms with van der Waals surface area (Å²) < 4.78 is 45.5. The van der Waals surface area contributed by atoms with Crippen LogP contribution in [0.15, 0.2) is 53.4 Å². The number of anilines is 1. The van der Waals surface area contributed by atoms with Crippen LogP contribution in [0.1, 0.15) is 12.8 Å². The van der Waals surface area contributed by atoms with E-state index in [2.05, 4.69) is 5.32 Å². The molecule has 1 aliphatic heterocycles. The molecule has 0 saturated carbocycles. The van der Waals surface area contributed by atoms with Crippen LogP contribution in [0.5, 0.6) is 5.75 Å². The number of nitrogens with zero attached hydrogens (tertiary/aromatic N) is 2. The molecule has 2 aromatic rings. The van der Waals surface area contributed by atoms with Gasteiger partial charge in [0.15, 0.2) is 6.61 Å². The van der Waals surface area contributed by atoms with Crippen molar-refractivity contribution in [3.63, 3.8) is 0 Å². The largest absolute Gasteiger partial charge is 0.484 e. The fourth-order valence-corrected chi connectivity index (χ4v) is 4.82. The van der Waals surface area contributed by atoms with Gasteiger partial charge in [-0.3, -0.25) is 9.59 Å². The molecule has 1 aliphatic rings. The van der Waals surface area contributed by atoms with Gasteiger partial charge in [-0.15, -0.1) is 0 Å². The first-order chi connectivity index (χ1) is 14.7. The summed E-state index contributed by atoms with van der Waals surface area (Å²) in [7, 11) is -0.658. The van der Waals surface area contributed by atoms with Gasteiger partial charge in [-0.05, 0) is 61.4 Å². The van der Waals surface area contributed by atoms with E-state index in [0.29, 0.717) is 24.3 Å². The van der Waals surface area contributed by atoms with Crippen LogP contribution in [0, 0.1) is 5.82 Å². The molecule has 0 aliphatic carbocycles. The van der Waals surface area contributed by atoms with Gasteiger partial charge >= 0.3 is 0 Å². The van der Waals surface area contributed by atoms with E-state index in [4.69, 9.17) is 4.74 Å². The predicted octanol–water partition coefficient (Wildman–Crippen LogP) is 2.08. The third-order valence-corrected chi connectivity index (χ3v) is 6.83. The van der Waals surface area contributed by atoms with Crippen molar-refractivity contribution < 1.29 is 27.1 Å². The molecule has 8 nitrogen and oxygen atoms in total. The average Bonchev–Trinajstić information content (AvgIpc) is 3.24. The van der Waals surface area contributed by atoms with Crippen LogP contribution < -0.4 is 10.1 Å². The Labute approximate surface area is 180 Å². The Morgan fingerprint density at radius 1 is 1.13 bits per heavy atom. The minimum atomic E-state index is -3.92. The van der Waals surface area contributed by atoms with Crippen molar-refractivity contribution in [1.82, 2.24) is 9.21 Å². The van der Waals surface area contributed by atoms with Crippen LogP contribution >= 0.6 is 0 Å². The summed E-state index contributed by atoms with van der Waals surface area (Å²) in [5.74, 6) is -0.691. The lowest BCUT2D eigenvalue weighted by Gasteiger charge is -2.23. The summed E-state index contributed by atoms with van der Waals surface area (Å²) in [5, 5.41) is 2.72. The Balaban J connectivity index is 1.65. The molecule has 10 heteroatoms. The Kier molecular flexibility index (Phi) is 6.91. The molecule has 3 rings (SSSR count). The summed E-state index contributed by atoms with van der Waals surface area (Å²) in [4.78, 5) is 25.7. The molecular weight excluding hydrogens is 425 g/mol. The number of ether oxygens (including phenoxy) is 1. The van der Waals surface area contributed by atoms with E-state index in [1.807, 2.05) is 0 Å². The first kappa shape index (κ1) is 22.7. The van der Waals surface area contributed by atoms with Crippen molar-refractivity contribution in [2.24, 2.45) is 0 Å². The fraction of sp³-hybridized carbons (Fsp3) is 0.333. The molecule has 0 aromatic heterocycles.